The van der Waals surface area contributed by atoms with Gasteiger partial charge in [0.2, 0.25) is 0 Å². The fourth-order valence-electron chi connectivity index (χ4n) is 2.96. The number of ether oxygens (including phenoxy) is 2. The summed E-state index contributed by atoms with van der Waals surface area (Å²) in [6.07, 6.45) is 3.51. The molecule has 0 bridgehead atoms. The highest BCUT2D eigenvalue weighted by Gasteiger charge is 2.28. The van der Waals surface area contributed by atoms with Crippen molar-refractivity contribution in [3.63, 3.8) is 0 Å². The van der Waals surface area contributed by atoms with E-state index in [1.54, 1.807) is 6.92 Å². The van der Waals surface area contributed by atoms with Crippen LogP contribution in [0.2, 0.25) is 0 Å². The van der Waals surface area contributed by atoms with Crippen LogP contribution in [0.5, 0.6) is 0 Å². The van der Waals surface area contributed by atoms with Crippen molar-refractivity contribution in [1.82, 2.24) is 0 Å². The van der Waals surface area contributed by atoms with E-state index in [2.05, 4.69) is 11.4 Å². The number of carbonyl (C=O) groups excluding carboxylic acids is 2. The molecule has 118 valence electrons. The number of esters is 1. The molecular weight excluding hydrogens is 282 g/mol. The Morgan fingerprint density at radius 3 is 2.86 bits per heavy atom. The van der Waals surface area contributed by atoms with Gasteiger partial charge in [0.1, 0.15) is 0 Å². The van der Waals surface area contributed by atoms with E-state index in [0.29, 0.717) is 13.0 Å². The summed E-state index contributed by atoms with van der Waals surface area (Å²) < 4.78 is 10.4. The highest BCUT2D eigenvalue weighted by Crippen LogP contribution is 2.25. The molecule has 1 fully saturated rings. The van der Waals surface area contributed by atoms with E-state index < -0.39 is 18.2 Å². The molecule has 1 saturated heterocycles. The number of rotatable bonds is 4. The Bertz CT molecular complexity index is 578. The first-order chi connectivity index (χ1) is 10.6. The number of carbonyl (C=O) groups is 2. The van der Waals surface area contributed by atoms with Crippen LogP contribution in [0.15, 0.2) is 18.2 Å². The topological polar surface area (TPSA) is 64.6 Å². The highest BCUT2D eigenvalue weighted by molar-refractivity contribution is 5.95. The number of nitrogens with one attached hydrogen (secondary N) is 1. The minimum absolute atomic E-state index is 0.315. The zero-order valence-corrected chi connectivity index (χ0v) is 12.8. The van der Waals surface area contributed by atoms with E-state index in [1.165, 1.54) is 17.5 Å². The molecule has 0 unspecified atom stereocenters. The van der Waals surface area contributed by atoms with E-state index >= 15 is 0 Å². The van der Waals surface area contributed by atoms with Crippen LogP contribution in [-0.4, -0.2) is 30.7 Å². The molecule has 1 aromatic carbocycles. The summed E-state index contributed by atoms with van der Waals surface area (Å²) in [5.74, 6) is -0.765. The van der Waals surface area contributed by atoms with Crippen LogP contribution in [0.25, 0.3) is 0 Å². The summed E-state index contributed by atoms with van der Waals surface area (Å²) in [5.41, 5.74) is 3.41. The lowest BCUT2D eigenvalue weighted by molar-refractivity contribution is -0.162. The van der Waals surface area contributed by atoms with Gasteiger partial charge in [-0.15, -0.1) is 0 Å². The third kappa shape index (κ3) is 3.30. The Morgan fingerprint density at radius 2 is 2.09 bits per heavy atom. The first-order valence-electron chi connectivity index (χ1n) is 7.88. The molecule has 1 amide bonds. The van der Waals surface area contributed by atoms with Crippen molar-refractivity contribution in [2.45, 2.75) is 51.2 Å². The molecule has 1 aromatic rings. The summed E-state index contributed by atoms with van der Waals surface area (Å²) >= 11 is 0. The minimum Gasteiger partial charge on any atom is -0.451 e. The summed E-state index contributed by atoms with van der Waals surface area (Å²) in [5, 5.41) is 2.81. The van der Waals surface area contributed by atoms with E-state index in [-0.39, 0.29) is 5.91 Å². The van der Waals surface area contributed by atoms with Crippen LogP contribution in [0.3, 0.4) is 0 Å². The Labute approximate surface area is 130 Å². The van der Waals surface area contributed by atoms with Gasteiger partial charge in [-0.25, -0.2) is 4.79 Å². The zero-order chi connectivity index (χ0) is 15.5. The Balaban J connectivity index is 1.55. The van der Waals surface area contributed by atoms with Gasteiger partial charge in [-0.1, -0.05) is 6.07 Å². The van der Waals surface area contributed by atoms with Crippen molar-refractivity contribution in [1.29, 1.82) is 0 Å². The normalized spacial score (nSPS) is 21.2. The molecule has 1 heterocycles. The van der Waals surface area contributed by atoms with Crippen molar-refractivity contribution in [3.05, 3.63) is 29.3 Å². The quantitative estimate of drug-likeness (QED) is 0.866. The number of hydrogen-bond donors (Lipinski definition) is 1. The van der Waals surface area contributed by atoms with E-state index in [1.807, 2.05) is 12.1 Å². The molecule has 0 spiro atoms. The van der Waals surface area contributed by atoms with E-state index in [0.717, 1.165) is 24.9 Å². The maximum Gasteiger partial charge on any atom is 0.336 e. The standard InChI is InChI=1S/C17H21NO4/c1-11(22-17(20)15-6-3-9-21-15)16(19)18-14-8-7-12-4-2-5-13(12)10-14/h7-8,10-11,15H,2-6,9H2,1H3,(H,18,19)/t11-,15+/m0/s1. The lowest BCUT2D eigenvalue weighted by Gasteiger charge is -2.16. The van der Waals surface area contributed by atoms with E-state index in [9.17, 15) is 9.59 Å². The second kappa shape index (κ2) is 6.48. The predicted octanol–water partition coefficient (Wildman–Crippen LogP) is 2.22. The van der Waals surface area contributed by atoms with Gasteiger partial charge in [0.15, 0.2) is 12.2 Å². The molecule has 0 radical (unpaired) electrons. The summed E-state index contributed by atoms with van der Waals surface area (Å²) in [6.45, 7) is 2.16. The Morgan fingerprint density at radius 1 is 1.27 bits per heavy atom. The maximum absolute atomic E-state index is 12.1. The lowest BCUT2D eigenvalue weighted by Crippen LogP contribution is -2.34. The molecule has 2 aliphatic rings. The van der Waals surface area contributed by atoms with Crippen LogP contribution >= 0.6 is 0 Å². The van der Waals surface area contributed by atoms with Crippen molar-refractivity contribution in [3.8, 4) is 0 Å². The van der Waals surface area contributed by atoms with Crippen LogP contribution in [-0.2, 0) is 31.9 Å². The number of hydrogen-bond acceptors (Lipinski definition) is 4. The first-order valence-corrected chi connectivity index (χ1v) is 7.88. The average molecular weight is 303 g/mol. The molecule has 22 heavy (non-hydrogen) atoms. The van der Waals surface area contributed by atoms with Gasteiger partial charge >= 0.3 is 5.97 Å². The number of anilines is 1. The van der Waals surface area contributed by atoms with Crippen molar-refractivity contribution >= 4 is 17.6 Å². The lowest BCUT2D eigenvalue weighted by atomic mass is 10.1. The van der Waals surface area contributed by atoms with Gasteiger partial charge in [0, 0.05) is 12.3 Å². The second-order valence-corrected chi connectivity index (χ2v) is 5.91. The summed E-state index contributed by atoms with van der Waals surface area (Å²) in [4.78, 5) is 24.0. The predicted molar refractivity (Wildman–Crippen MR) is 81.6 cm³/mol. The van der Waals surface area contributed by atoms with Crippen molar-refractivity contribution in [2.75, 3.05) is 11.9 Å². The van der Waals surface area contributed by atoms with Gasteiger partial charge in [-0.05, 0) is 62.3 Å². The van der Waals surface area contributed by atoms with Crippen molar-refractivity contribution < 1.29 is 19.1 Å². The smallest absolute Gasteiger partial charge is 0.336 e. The van der Waals surface area contributed by atoms with Crippen LogP contribution in [0.1, 0.15) is 37.3 Å². The summed E-state index contributed by atoms with van der Waals surface area (Å²) in [6, 6.07) is 5.96. The molecule has 2 atom stereocenters. The van der Waals surface area contributed by atoms with Crippen LogP contribution in [0.4, 0.5) is 5.69 Å². The largest absolute Gasteiger partial charge is 0.451 e. The third-order valence-electron chi connectivity index (χ3n) is 4.22. The maximum atomic E-state index is 12.1. The van der Waals surface area contributed by atoms with Gasteiger partial charge < -0.3 is 14.8 Å². The Hall–Kier alpha value is -1.88. The number of fused-ring (bicyclic) bond motifs is 1. The third-order valence-corrected chi connectivity index (χ3v) is 4.22. The highest BCUT2D eigenvalue weighted by atomic mass is 16.6. The SMILES string of the molecule is C[C@H](OC(=O)[C@H]1CCCO1)C(=O)Nc1ccc2c(c1)CCC2. The second-order valence-electron chi connectivity index (χ2n) is 5.91. The molecular formula is C17H21NO4. The molecule has 0 aromatic heterocycles. The van der Waals surface area contributed by atoms with Crippen LogP contribution in [0, 0.1) is 0 Å². The molecule has 0 saturated carbocycles. The minimum atomic E-state index is -0.829. The van der Waals surface area contributed by atoms with Crippen LogP contribution < -0.4 is 5.32 Å². The number of aryl methyl sites for hydroxylation is 2. The average Bonchev–Trinajstić information content (AvgIpc) is 3.18. The van der Waals surface area contributed by atoms with Gasteiger partial charge in [-0.2, -0.15) is 0 Å². The fraction of sp³-hybridized carbons (Fsp3) is 0.529. The molecule has 5 heteroatoms. The van der Waals surface area contributed by atoms with Gasteiger partial charge in [-0.3, -0.25) is 4.79 Å². The fourth-order valence-corrected chi connectivity index (χ4v) is 2.96. The summed E-state index contributed by atoms with van der Waals surface area (Å²) in [7, 11) is 0. The van der Waals surface area contributed by atoms with Gasteiger partial charge in [0.25, 0.3) is 5.91 Å². The van der Waals surface area contributed by atoms with Crippen molar-refractivity contribution in [2.24, 2.45) is 0 Å². The first kappa shape index (κ1) is 15.0. The number of amides is 1. The molecule has 3 rings (SSSR count). The van der Waals surface area contributed by atoms with Gasteiger partial charge in [0.05, 0.1) is 0 Å². The Kier molecular flexibility index (Phi) is 4.43. The monoisotopic (exact) mass is 303 g/mol. The molecule has 5 nitrogen and oxygen atoms in total. The zero-order valence-electron chi connectivity index (χ0n) is 12.8. The molecule has 1 N–H and O–H groups in total. The number of benzene rings is 1. The molecule has 1 aliphatic heterocycles. The van der Waals surface area contributed by atoms with E-state index in [4.69, 9.17) is 9.47 Å². The molecule has 1 aliphatic carbocycles.